The summed E-state index contributed by atoms with van der Waals surface area (Å²) in [5, 5.41) is 0. The number of hydrogen-bond acceptors (Lipinski definition) is 4. The van der Waals surface area contributed by atoms with E-state index in [1.54, 1.807) is 0 Å². The van der Waals surface area contributed by atoms with Crippen molar-refractivity contribution in [2.24, 2.45) is 0 Å². The van der Waals surface area contributed by atoms with E-state index < -0.39 is 10.4 Å². The minimum Gasteiger partial charge on any atom is -0.726 e. The van der Waals surface area contributed by atoms with Crippen LogP contribution in [-0.2, 0) is 14.6 Å². The summed E-state index contributed by atoms with van der Waals surface area (Å²) >= 11 is 0. The zero-order chi connectivity index (χ0) is 18.2. The van der Waals surface area contributed by atoms with E-state index in [2.05, 4.69) is 31.9 Å². The summed E-state index contributed by atoms with van der Waals surface area (Å²) in [5.74, 6) is 0. The van der Waals surface area contributed by atoms with E-state index in [4.69, 9.17) is 0 Å². The Labute approximate surface area is 145 Å². The molecule has 0 aromatic heterocycles. The van der Waals surface area contributed by atoms with Gasteiger partial charge in [-0.3, -0.25) is 4.18 Å². The van der Waals surface area contributed by atoms with Gasteiger partial charge in [-0.25, -0.2) is 8.42 Å². The molecule has 5 nitrogen and oxygen atoms in total. The van der Waals surface area contributed by atoms with Crippen molar-refractivity contribution in [3.05, 3.63) is 0 Å². The second-order valence-corrected chi connectivity index (χ2v) is 7.23. The molecule has 142 valence electrons. The molecule has 0 atom stereocenters. The molecule has 0 unspecified atom stereocenters. The van der Waals surface area contributed by atoms with E-state index in [0.29, 0.717) is 6.42 Å². The van der Waals surface area contributed by atoms with Crippen LogP contribution in [0.1, 0.15) is 79.6 Å². The summed E-state index contributed by atoms with van der Waals surface area (Å²) < 4.78 is 34.5. The summed E-state index contributed by atoms with van der Waals surface area (Å²) in [4.78, 5) is 0. The molecule has 0 aliphatic carbocycles. The average molecular weight is 354 g/mol. The van der Waals surface area contributed by atoms with Crippen molar-refractivity contribution in [2.45, 2.75) is 79.6 Å². The van der Waals surface area contributed by atoms with Gasteiger partial charge in [0.2, 0.25) is 10.4 Å². The quantitative estimate of drug-likeness (QED) is 0.216. The lowest BCUT2D eigenvalue weighted by atomic mass is 10.2. The topological polar surface area (TPSA) is 66.4 Å². The summed E-state index contributed by atoms with van der Waals surface area (Å²) in [7, 11) is -4.45. The van der Waals surface area contributed by atoms with Gasteiger partial charge in [0.15, 0.2) is 0 Å². The van der Waals surface area contributed by atoms with Crippen LogP contribution in [-0.4, -0.2) is 50.2 Å². The SMILES string of the molecule is CCCCOS(=O)(=O)[O-].CCCC[N+](CCC)(CCC)CCC. The van der Waals surface area contributed by atoms with Crippen molar-refractivity contribution < 1.29 is 21.6 Å². The maximum absolute atomic E-state index is 9.73. The molecule has 0 rings (SSSR count). The van der Waals surface area contributed by atoms with Gasteiger partial charge in [-0.05, 0) is 32.1 Å². The van der Waals surface area contributed by atoms with Gasteiger partial charge in [0.1, 0.15) is 0 Å². The van der Waals surface area contributed by atoms with Crippen molar-refractivity contribution in [3.63, 3.8) is 0 Å². The highest BCUT2D eigenvalue weighted by Gasteiger charge is 2.23. The summed E-state index contributed by atoms with van der Waals surface area (Å²) in [5.41, 5.74) is 0. The fourth-order valence-corrected chi connectivity index (χ4v) is 3.21. The summed E-state index contributed by atoms with van der Waals surface area (Å²) in [6.07, 6.45) is 8.17. The van der Waals surface area contributed by atoms with Crippen molar-refractivity contribution in [1.82, 2.24) is 0 Å². The summed E-state index contributed by atoms with van der Waals surface area (Å²) in [6.45, 7) is 16.7. The minimum atomic E-state index is -4.45. The van der Waals surface area contributed by atoms with E-state index >= 15 is 0 Å². The standard InChI is InChI=1S/C13H30N.C4H10O4S/c1-5-9-13-14(10-6-2,11-7-3)12-8-4;1-2-3-4-8-9(5,6)7/h5-13H2,1-4H3;2-4H2,1H3,(H,5,6,7)/q+1;/p-1. The first-order valence-corrected chi connectivity index (χ1v) is 10.6. The van der Waals surface area contributed by atoms with Crippen LogP contribution in [0.4, 0.5) is 0 Å². The zero-order valence-electron chi connectivity index (χ0n) is 16.0. The predicted molar refractivity (Wildman–Crippen MR) is 96.1 cm³/mol. The van der Waals surface area contributed by atoms with Crippen LogP contribution in [0.25, 0.3) is 0 Å². The molecule has 0 N–H and O–H groups in total. The number of hydrogen-bond donors (Lipinski definition) is 0. The van der Waals surface area contributed by atoms with Crippen molar-refractivity contribution in [3.8, 4) is 0 Å². The minimum absolute atomic E-state index is 0.00231. The van der Waals surface area contributed by atoms with Gasteiger partial charge in [-0.1, -0.05) is 47.5 Å². The Hall–Kier alpha value is -0.170. The van der Waals surface area contributed by atoms with E-state index in [9.17, 15) is 13.0 Å². The second-order valence-electron chi connectivity index (χ2n) is 6.17. The highest BCUT2D eigenvalue weighted by molar-refractivity contribution is 7.80. The Bertz CT molecular complexity index is 327. The van der Waals surface area contributed by atoms with Gasteiger partial charge in [-0.2, -0.15) is 0 Å². The predicted octanol–water partition coefficient (Wildman–Crippen LogP) is 4.10. The van der Waals surface area contributed by atoms with Gasteiger partial charge < -0.3 is 9.04 Å². The molecule has 0 aliphatic rings. The third-order valence-corrected chi connectivity index (χ3v) is 4.26. The van der Waals surface area contributed by atoms with Crippen LogP contribution in [0, 0.1) is 0 Å². The first kappa shape index (κ1) is 25.1. The fraction of sp³-hybridized carbons (Fsp3) is 1.00. The molecule has 0 radical (unpaired) electrons. The Balaban J connectivity index is 0. The molecule has 0 aromatic rings. The van der Waals surface area contributed by atoms with Crippen LogP contribution >= 0.6 is 0 Å². The largest absolute Gasteiger partial charge is 0.726 e. The maximum atomic E-state index is 9.73. The van der Waals surface area contributed by atoms with Gasteiger partial charge in [0.05, 0.1) is 32.8 Å². The molecule has 0 heterocycles. The van der Waals surface area contributed by atoms with Crippen molar-refractivity contribution >= 4 is 10.4 Å². The molecule has 0 aliphatic heterocycles. The van der Waals surface area contributed by atoms with Gasteiger partial charge in [0.25, 0.3) is 0 Å². The molecule has 0 bridgehead atoms. The van der Waals surface area contributed by atoms with Gasteiger partial charge in [-0.15, -0.1) is 0 Å². The van der Waals surface area contributed by atoms with Crippen LogP contribution in [0.15, 0.2) is 0 Å². The average Bonchev–Trinajstić information content (AvgIpc) is 2.46. The molecule has 6 heteroatoms. The Morgan fingerprint density at radius 3 is 1.48 bits per heavy atom. The zero-order valence-corrected chi connectivity index (χ0v) is 16.8. The van der Waals surface area contributed by atoms with E-state index in [1.165, 1.54) is 62.8 Å². The normalized spacial score (nSPS) is 11.9. The monoisotopic (exact) mass is 353 g/mol. The van der Waals surface area contributed by atoms with Gasteiger partial charge in [0, 0.05) is 0 Å². The molecule has 23 heavy (non-hydrogen) atoms. The Morgan fingerprint density at radius 2 is 1.17 bits per heavy atom. The summed E-state index contributed by atoms with van der Waals surface area (Å²) in [6, 6.07) is 0. The van der Waals surface area contributed by atoms with E-state index in [0.717, 1.165) is 6.42 Å². The fourth-order valence-electron chi connectivity index (χ4n) is 2.89. The van der Waals surface area contributed by atoms with Crippen molar-refractivity contribution in [1.29, 1.82) is 0 Å². The number of rotatable bonds is 13. The van der Waals surface area contributed by atoms with E-state index in [-0.39, 0.29) is 6.61 Å². The number of nitrogens with zero attached hydrogens (tertiary/aromatic N) is 1. The smallest absolute Gasteiger partial charge is 0.217 e. The third-order valence-electron chi connectivity index (χ3n) is 3.81. The highest BCUT2D eigenvalue weighted by atomic mass is 32.3. The lowest BCUT2D eigenvalue weighted by molar-refractivity contribution is -0.928. The maximum Gasteiger partial charge on any atom is 0.217 e. The van der Waals surface area contributed by atoms with Crippen LogP contribution in [0.5, 0.6) is 0 Å². The van der Waals surface area contributed by atoms with Crippen LogP contribution < -0.4 is 0 Å². The molecule has 0 saturated heterocycles. The van der Waals surface area contributed by atoms with Crippen molar-refractivity contribution in [2.75, 3.05) is 32.8 Å². The Kier molecular flexibility index (Phi) is 16.7. The highest BCUT2D eigenvalue weighted by Crippen LogP contribution is 2.13. The second kappa shape index (κ2) is 15.4. The number of unbranched alkanes of at least 4 members (excludes halogenated alkanes) is 2. The molecule has 0 fully saturated rings. The first-order valence-electron chi connectivity index (χ1n) is 9.26. The Morgan fingerprint density at radius 1 is 0.739 bits per heavy atom. The van der Waals surface area contributed by atoms with E-state index in [1.807, 2.05) is 6.92 Å². The first-order chi connectivity index (χ1) is 10.8. The molecule has 0 amide bonds. The van der Waals surface area contributed by atoms with Crippen LogP contribution in [0.2, 0.25) is 0 Å². The molecule has 0 spiro atoms. The molecule has 0 saturated carbocycles. The lowest BCUT2D eigenvalue weighted by Crippen LogP contribution is -2.50. The molecular formula is C17H39NO4S. The molecular weight excluding hydrogens is 314 g/mol. The lowest BCUT2D eigenvalue weighted by Gasteiger charge is -2.38. The third kappa shape index (κ3) is 16.5. The molecule has 0 aromatic carbocycles. The van der Waals surface area contributed by atoms with Gasteiger partial charge >= 0.3 is 0 Å². The van der Waals surface area contributed by atoms with Crippen LogP contribution in [0.3, 0.4) is 0 Å². The number of quaternary nitrogens is 1.